The van der Waals surface area contributed by atoms with Crippen LogP contribution in [0.1, 0.15) is 96.3 Å². The van der Waals surface area contributed by atoms with Gasteiger partial charge in [-0.3, -0.25) is 4.98 Å². The zero-order valence-corrected chi connectivity index (χ0v) is 20.8. The summed E-state index contributed by atoms with van der Waals surface area (Å²) in [4.78, 5) is 4.65. The lowest BCUT2D eigenvalue weighted by Crippen LogP contribution is -2.27. The summed E-state index contributed by atoms with van der Waals surface area (Å²) in [6, 6.07) is 12.3. The number of nitrogens with zero attached hydrogens (tertiary/aromatic N) is 1. The number of hydrogen-bond acceptors (Lipinski definition) is 4. The Labute approximate surface area is 201 Å². The molecule has 3 rings (SSSR count). The zero-order valence-electron chi connectivity index (χ0n) is 20.8. The van der Waals surface area contributed by atoms with Gasteiger partial charge in [0.05, 0.1) is 25.5 Å². The SMILES string of the molecule is CCCCCCCCC1COC(c2ccc(-c3ccc(OCCCCCC)cc3)nc2)OC1. The van der Waals surface area contributed by atoms with Crippen LogP contribution in [0, 0.1) is 5.92 Å². The molecule has 1 saturated heterocycles. The Morgan fingerprint density at radius 1 is 0.788 bits per heavy atom. The Morgan fingerprint density at radius 3 is 2.12 bits per heavy atom. The van der Waals surface area contributed by atoms with Crippen molar-refractivity contribution in [2.24, 2.45) is 5.92 Å². The minimum atomic E-state index is -0.296. The molecule has 0 radical (unpaired) electrons. The summed E-state index contributed by atoms with van der Waals surface area (Å²) in [5.41, 5.74) is 3.03. The van der Waals surface area contributed by atoms with E-state index in [1.807, 2.05) is 24.4 Å². The van der Waals surface area contributed by atoms with Gasteiger partial charge in [0.25, 0.3) is 0 Å². The fourth-order valence-corrected chi connectivity index (χ4v) is 4.27. The average Bonchev–Trinajstić information content (AvgIpc) is 2.87. The van der Waals surface area contributed by atoms with E-state index in [2.05, 4.69) is 37.0 Å². The van der Waals surface area contributed by atoms with Gasteiger partial charge in [0.1, 0.15) is 5.75 Å². The first-order valence-electron chi connectivity index (χ1n) is 13.2. The van der Waals surface area contributed by atoms with Crippen LogP contribution in [0.2, 0.25) is 0 Å². The van der Waals surface area contributed by atoms with Crippen molar-refractivity contribution in [2.45, 2.75) is 90.8 Å². The summed E-state index contributed by atoms with van der Waals surface area (Å²) in [5, 5.41) is 0. The maximum absolute atomic E-state index is 6.02. The van der Waals surface area contributed by atoms with Gasteiger partial charge in [0.15, 0.2) is 6.29 Å². The number of benzene rings is 1. The molecule has 1 aliphatic heterocycles. The summed E-state index contributed by atoms with van der Waals surface area (Å²) in [5.74, 6) is 1.44. The Hall–Kier alpha value is -1.91. The molecule has 0 amide bonds. The second-order valence-corrected chi connectivity index (χ2v) is 9.33. The van der Waals surface area contributed by atoms with Crippen molar-refractivity contribution in [3.8, 4) is 17.0 Å². The van der Waals surface area contributed by atoms with Gasteiger partial charge >= 0.3 is 0 Å². The van der Waals surface area contributed by atoms with Crippen molar-refractivity contribution in [1.29, 1.82) is 0 Å². The van der Waals surface area contributed by atoms with E-state index < -0.39 is 0 Å². The van der Waals surface area contributed by atoms with E-state index in [0.29, 0.717) is 5.92 Å². The van der Waals surface area contributed by atoms with Gasteiger partial charge in [-0.1, -0.05) is 77.7 Å². The lowest BCUT2D eigenvalue weighted by molar-refractivity contribution is -0.206. The van der Waals surface area contributed by atoms with E-state index in [1.165, 1.54) is 64.2 Å². The van der Waals surface area contributed by atoms with Crippen molar-refractivity contribution >= 4 is 0 Å². The molecule has 1 fully saturated rings. The summed E-state index contributed by atoms with van der Waals surface area (Å²) >= 11 is 0. The topological polar surface area (TPSA) is 40.6 Å². The standard InChI is InChI=1S/C29H43NO3/c1-3-5-7-9-10-11-13-24-22-32-29(33-23-24)26-16-19-28(30-21-26)25-14-17-27(18-15-25)31-20-12-8-6-4-2/h14-19,21,24,29H,3-13,20,22-23H2,1-2H3. The van der Waals surface area contributed by atoms with Crippen molar-refractivity contribution < 1.29 is 14.2 Å². The molecule has 2 heterocycles. The van der Waals surface area contributed by atoms with E-state index in [0.717, 1.165) is 48.8 Å². The summed E-state index contributed by atoms with van der Waals surface area (Å²) in [7, 11) is 0. The Morgan fingerprint density at radius 2 is 1.45 bits per heavy atom. The molecular weight excluding hydrogens is 410 g/mol. The van der Waals surface area contributed by atoms with Crippen LogP contribution in [-0.4, -0.2) is 24.8 Å². The van der Waals surface area contributed by atoms with Crippen molar-refractivity contribution in [3.05, 3.63) is 48.2 Å². The molecule has 0 N–H and O–H groups in total. The second kappa shape index (κ2) is 15.1. The van der Waals surface area contributed by atoms with Gasteiger partial charge in [-0.15, -0.1) is 0 Å². The van der Waals surface area contributed by atoms with Crippen LogP contribution in [0.3, 0.4) is 0 Å². The fraction of sp³-hybridized carbons (Fsp3) is 0.621. The smallest absolute Gasteiger partial charge is 0.185 e. The van der Waals surface area contributed by atoms with Crippen LogP contribution in [0.5, 0.6) is 5.75 Å². The van der Waals surface area contributed by atoms with Crippen LogP contribution >= 0.6 is 0 Å². The molecule has 4 heteroatoms. The molecule has 1 aromatic carbocycles. The summed E-state index contributed by atoms with van der Waals surface area (Å²) < 4.78 is 17.9. The number of ether oxygens (including phenoxy) is 3. The third kappa shape index (κ3) is 9.10. The molecule has 0 aliphatic carbocycles. The predicted molar refractivity (Wildman–Crippen MR) is 135 cm³/mol. The molecule has 1 aromatic heterocycles. The lowest BCUT2D eigenvalue weighted by Gasteiger charge is -2.29. The average molecular weight is 454 g/mol. The van der Waals surface area contributed by atoms with Crippen LogP contribution in [0.25, 0.3) is 11.3 Å². The molecule has 33 heavy (non-hydrogen) atoms. The van der Waals surface area contributed by atoms with Crippen LogP contribution < -0.4 is 4.74 Å². The second-order valence-electron chi connectivity index (χ2n) is 9.33. The number of aromatic nitrogens is 1. The van der Waals surface area contributed by atoms with Gasteiger partial charge in [-0.2, -0.15) is 0 Å². The Balaban J connectivity index is 1.39. The third-order valence-electron chi connectivity index (χ3n) is 6.41. The first-order chi connectivity index (χ1) is 16.3. The Bertz CT molecular complexity index is 751. The van der Waals surface area contributed by atoms with Crippen LogP contribution in [0.4, 0.5) is 0 Å². The maximum atomic E-state index is 6.02. The molecule has 4 nitrogen and oxygen atoms in total. The third-order valence-corrected chi connectivity index (χ3v) is 6.41. The molecule has 2 aromatic rings. The number of pyridine rings is 1. The lowest BCUT2D eigenvalue weighted by atomic mass is 10.0. The monoisotopic (exact) mass is 453 g/mol. The van der Waals surface area contributed by atoms with E-state index in [4.69, 9.17) is 14.2 Å². The highest BCUT2D eigenvalue weighted by atomic mass is 16.7. The van der Waals surface area contributed by atoms with E-state index >= 15 is 0 Å². The van der Waals surface area contributed by atoms with Gasteiger partial charge in [-0.05, 0) is 43.2 Å². The quantitative estimate of drug-likeness (QED) is 0.255. The fourth-order valence-electron chi connectivity index (χ4n) is 4.27. The molecule has 182 valence electrons. The van der Waals surface area contributed by atoms with Crippen molar-refractivity contribution in [1.82, 2.24) is 4.98 Å². The summed E-state index contributed by atoms with van der Waals surface area (Å²) in [6.07, 6.45) is 15.7. The maximum Gasteiger partial charge on any atom is 0.185 e. The normalized spacial score (nSPS) is 18.4. The molecule has 0 spiro atoms. The highest BCUT2D eigenvalue weighted by molar-refractivity contribution is 5.60. The highest BCUT2D eigenvalue weighted by Crippen LogP contribution is 2.28. The van der Waals surface area contributed by atoms with Gasteiger partial charge in [0, 0.05) is 23.2 Å². The number of rotatable bonds is 15. The molecular formula is C29H43NO3. The van der Waals surface area contributed by atoms with E-state index in [1.54, 1.807) is 0 Å². The van der Waals surface area contributed by atoms with Gasteiger partial charge < -0.3 is 14.2 Å². The minimum Gasteiger partial charge on any atom is -0.494 e. The minimum absolute atomic E-state index is 0.296. The Kier molecular flexibility index (Phi) is 11.7. The molecule has 0 atom stereocenters. The molecule has 0 unspecified atom stereocenters. The van der Waals surface area contributed by atoms with Crippen molar-refractivity contribution in [3.63, 3.8) is 0 Å². The molecule has 0 saturated carbocycles. The van der Waals surface area contributed by atoms with Crippen LogP contribution in [-0.2, 0) is 9.47 Å². The van der Waals surface area contributed by atoms with Crippen LogP contribution in [0.15, 0.2) is 42.6 Å². The summed E-state index contributed by atoms with van der Waals surface area (Å²) in [6.45, 7) is 6.83. The molecule has 1 aliphatic rings. The van der Waals surface area contributed by atoms with E-state index in [-0.39, 0.29) is 6.29 Å². The van der Waals surface area contributed by atoms with Gasteiger partial charge in [0.2, 0.25) is 0 Å². The predicted octanol–water partition coefficient (Wildman–Crippen LogP) is 8.12. The molecule has 0 bridgehead atoms. The van der Waals surface area contributed by atoms with Gasteiger partial charge in [-0.25, -0.2) is 0 Å². The number of unbranched alkanes of at least 4 members (excludes halogenated alkanes) is 8. The highest BCUT2D eigenvalue weighted by Gasteiger charge is 2.23. The van der Waals surface area contributed by atoms with E-state index in [9.17, 15) is 0 Å². The number of hydrogen-bond donors (Lipinski definition) is 0. The van der Waals surface area contributed by atoms with Crippen molar-refractivity contribution in [2.75, 3.05) is 19.8 Å². The largest absolute Gasteiger partial charge is 0.494 e. The zero-order chi connectivity index (χ0) is 23.1. The first-order valence-corrected chi connectivity index (χ1v) is 13.2. The first kappa shape index (κ1) is 25.7.